The van der Waals surface area contributed by atoms with Gasteiger partial charge < -0.3 is 29.5 Å². The lowest BCUT2D eigenvalue weighted by molar-refractivity contribution is 0.122. The molecule has 3 aliphatic heterocycles. The van der Waals surface area contributed by atoms with Crippen molar-refractivity contribution >= 4 is 28.3 Å². The van der Waals surface area contributed by atoms with Gasteiger partial charge >= 0.3 is 6.03 Å². The van der Waals surface area contributed by atoms with Gasteiger partial charge in [-0.1, -0.05) is 13.8 Å². The highest BCUT2D eigenvalue weighted by atomic mass is 16.5. The van der Waals surface area contributed by atoms with Crippen LogP contribution in [0.15, 0.2) is 48.8 Å². The van der Waals surface area contributed by atoms with Crippen molar-refractivity contribution in [3.8, 4) is 5.75 Å². The number of carbonyl (C=O) groups excluding carboxylic acids is 1. The maximum atomic E-state index is 13.0. The Hall–Kier alpha value is -3.47. The van der Waals surface area contributed by atoms with Crippen molar-refractivity contribution in [1.82, 2.24) is 24.7 Å². The fourth-order valence-electron chi connectivity index (χ4n) is 5.97. The van der Waals surface area contributed by atoms with Gasteiger partial charge in [0.05, 0.1) is 24.4 Å². The van der Waals surface area contributed by atoms with E-state index in [9.17, 15) is 4.79 Å². The zero-order chi connectivity index (χ0) is 30.0. The number of fused-ring (bicyclic) bond motifs is 1. The molecule has 0 aliphatic carbocycles. The molecule has 1 N–H and O–H groups in total. The molecule has 0 spiro atoms. The van der Waals surface area contributed by atoms with Crippen molar-refractivity contribution in [3.63, 3.8) is 0 Å². The Bertz CT molecular complexity index is 1300. The normalized spacial score (nSPS) is 18.7. The maximum Gasteiger partial charge on any atom is 0.321 e. The highest BCUT2D eigenvalue weighted by Gasteiger charge is 2.26. The van der Waals surface area contributed by atoms with Gasteiger partial charge in [-0.05, 0) is 56.3 Å². The minimum Gasteiger partial charge on any atom is -0.492 e. The molecule has 1 aromatic heterocycles. The number of ether oxygens (including phenoxy) is 2. The molecule has 3 aromatic rings. The lowest BCUT2D eigenvalue weighted by Crippen LogP contribution is -2.45. The predicted molar refractivity (Wildman–Crippen MR) is 172 cm³/mol. The molecule has 2 aromatic carbocycles. The lowest BCUT2D eigenvalue weighted by atomic mass is 9.91. The number of likely N-dealkylation sites (tertiary alicyclic amines) is 1. The molecule has 232 valence electrons. The van der Waals surface area contributed by atoms with Crippen LogP contribution < -0.4 is 15.0 Å². The van der Waals surface area contributed by atoms with Crippen LogP contribution in [-0.4, -0.2) is 116 Å². The number of hydrogen-bond acceptors (Lipinski definition) is 8. The number of piperazine rings is 1. The van der Waals surface area contributed by atoms with E-state index >= 15 is 0 Å². The van der Waals surface area contributed by atoms with Gasteiger partial charge in [-0.25, -0.2) is 14.8 Å². The number of rotatable bonds is 7. The van der Waals surface area contributed by atoms with Gasteiger partial charge in [0.2, 0.25) is 0 Å². The minimum absolute atomic E-state index is 0.0477. The first-order valence-electron chi connectivity index (χ1n) is 15.9. The molecule has 3 aliphatic rings. The number of nitrogens with zero attached hydrogens (tertiary/aromatic N) is 6. The number of aromatic nitrogens is 2. The molecule has 0 bridgehead atoms. The number of morpholine rings is 1. The van der Waals surface area contributed by atoms with Crippen molar-refractivity contribution < 1.29 is 14.3 Å². The Morgan fingerprint density at radius 1 is 0.930 bits per heavy atom. The molecule has 3 fully saturated rings. The van der Waals surface area contributed by atoms with Crippen LogP contribution in [0.5, 0.6) is 5.75 Å². The number of hydrogen-bond donors (Lipinski definition) is 1. The van der Waals surface area contributed by atoms with E-state index in [4.69, 9.17) is 9.47 Å². The number of anilines is 2. The van der Waals surface area contributed by atoms with Crippen LogP contribution in [0.25, 0.3) is 10.9 Å². The van der Waals surface area contributed by atoms with E-state index in [0.29, 0.717) is 25.6 Å². The first-order chi connectivity index (χ1) is 21.1. The fraction of sp³-hybridized carbons (Fsp3) is 0.545. The van der Waals surface area contributed by atoms with E-state index in [1.807, 2.05) is 43.0 Å². The molecule has 0 unspecified atom stereocenters. The second kappa shape index (κ2) is 15.3. The first kappa shape index (κ1) is 31.0. The first-order valence-corrected chi connectivity index (χ1v) is 15.9. The number of nitrogens with one attached hydrogen (secondary N) is 1. The number of carbonyl (C=O) groups is 1. The molecule has 10 nitrogen and oxygen atoms in total. The summed E-state index contributed by atoms with van der Waals surface area (Å²) in [5, 5.41) is 4.14. The monoisotopic (exact) mass is 589 g/mol. The summed E-state index contributed by atoms with van der Waals surface area (Å²) in [5.74, 6) is 1.14. The molecule has 3 saturated heterocycles. The van der Waals surface area contributed by atoms with E-state index in [0.717, 1.165) is 106 Å². The van der Waals surface area contributed by atoms with Crippen LogP contribution >= 0.6 is 0 Å². The molecule has 0 saturated carbocycles. The summed E-state index contributed by atoms with van der Waals surface area (Å²) >= 11 is 0. The van der Waals surface area contributed by atoms with Crippen molar-refractivity contribution in [3.05, 3.63) is 54.5 Å². The van der Waals surface area contributed by atoms with Crippen molar-refractivity contribution in [2.75, 3.05) is 96.0 Å². The van der Waals surface area contributed by atoms with Gasteiger partial charge in [0, 0.05) is 87.6 Å². The van der Waals surface area contributed by atoms with Crippen LogP contribution in [0.3, 0.4) is 0 Å². The van der Waals surface area contributed by atoms with Gasteiger partial charge in [0.1, 0.15) is 18.7 Å². The topological polar surface area (TPSA) is 86.3 Å². The third-order valence-electron chi connectivity index (χ3n) is 8.57. The Balaban J connectivity index is 0.00000180. The Morgan fingerprint density at radius 2 is 1.65 bits per heavy atom. The minimum atomic E-state index is -0.0477. The van der Waals surface area contributed by atoms with E-state index in [2.05, 4.69) is 55.2 Å². The van der Waals surface area contributed by atoms with Crippen LogP contribution in [0.4, 0.5) is 16.2 Å². The van der Waals surface area contributed by atoms with Crippen LogP contribution in [-0.2, 0) is 4.74 Å². The molecule has 43 heavy (non-hydrogen) atoms. The average Bonchev–Trinajstić information content (AvgIpc) is 3.07. The lowest BCUT2D eigenvalue weighted by Gasteiger charge is -2.32. The molecular formula is C33H47N7O3. The highest BCUT2D eigenvalue weighted by molar-refractivity contribution is 5.89. The van der Waals surface area contributed by atoms with Crippen LogP contribution in [0.1, 0.15) is 38.3 Å². The van der Waals surface area contributed by atoms with E-state index in [1.165, 1.54) is 0 Å². The Morgan fingerprint density at radius 3 is 2.37 bits per heavy atom. The highest BCUT2D eigenvalue weighted by Crippen LogP contribution is 2.32. The maximum absolute atomic E-state index is 13.0. The number of benzene rings is 2. The fourth-order valence-corrected chi connectivity index (χ4v) is 5.97. The van der Waals surface area contributed by atoms with Crippen molar-refractivity contribution in [2.24, 2.45) is 0 Å². The third kappa shape index (κ3) is 8.13. The summed E-state index contributed by atoms with van der Waals surface area (Å²) in [6.45, 7) is 14.7. The second-order valence-electron chi connectivity index (χ2n) is 11.3. The summed E-state index contributed by atoms with van der Waals surface area (Å²) in [7, 11) is 2.17. The Kier molecular flexibility index (Phi) is 11.0. The van der Waals surface area contributed by atoms with Crippen LogP contribution in [0, 0.1) is 0 Å². The Labute approximate surface area is 256 Å². The second-order valence-corrected chi connectivity index (χ2v) is 11.3. The van der Waals surface area contributed by atoms with Gasteiger partial charge in [0.25, 0.3) is 0 Å². The summed E-state index contributed by atoms with van der Waals surface area (Å²) in [4.78, 5) is 31.2. The zero-order valence-corrected chi connectivity index (χ0v) is 26.0. The van der Waals surface area contributed by atoms with E-state index in [-0.39, 0.29) is 6.03 Å². The summed E-state index contributed by atoms with van der Waals surface area (Å²) in [5.41, 5.74) is 3.96. The van der Waals surface area contributed by atoms with Crippen molar-refractivity contribution in [2.45, 2.75) is 32.6 Å². The quantitative estimate of drug-likeness (QED) is 0.430. The van der Waals surface area contributed by atoms with E-state index < -0.39 is 0 Å². The van der Waals surface area contributed by atoms with Crippen molar-refractivity contribution in [1.29, 1.82) is 0 Å². The number of piperidine rings is 1. The number of likely N-dealkylation sites (N-methyl/N-ethyl adjacent to an activating group) is 1. The smallest absolute Gasteiger partial charge is 0.321 e. The largest absolute Gasteiger partial charge is 0.492 e. The standard InChI is InChI=1S/C31H41N7O3.C2H6/c1-35-12-14-36(15-13-35)16-21-41-27-6-7-28-29(22-27)32-23-33-30(28)24-8-10-38(11-9-24)31(39)34-25-2-4-26(5-3-25)37-17-19-40-20-18-37;1-2/h2-7,22-24H,8-21H2,1H3,(H,34,39);1-2H3. The summed E-state index contributed by atoms with van der Waals surface area (Å²) in [6.07, 6.45) is 3.41. The summed E-state index contributed by atoms with van der Waals surface area (Å²) < 4.78 is 11.5. The number of amides is 2. The molecular weight excluding hydrogens is 542 g/mol. The molecule has 6 rings (SSSR count). The molecule has 10 heteroatoms. The SMILES string of the molecule is CC.CN1CCN(CCOc2ccc3c(C4CCN(C(=O)Nc5ccc(N6CCOCC6)cc5)CC4)ncnc3c2)CC1. The molecule has 4 heterocycles. The van der Waals surface area contributed by atoms with E-state index in [1.54, 1.807) is 6.33 Å². The predicted octanol–water partition coefficient (Wildman–Crippen LogP) is 4.53. The zero-order valence-electron chi connectivity index (χ0n) is 26.0. The van der Waals surface area contributed by atoms with Gasteiger partial charge in [0.15, 0.2) is 0 Å². The average molecular weight is 590 g/mol. The van der Waals surface area contributed by atoms with Gasteiger partial charge in [-0.15, -0.1) is 0 Å². The van der Waals surface area contributed by atoms with Crippen LogP contribution in [0.2, 0.25) is 0 Å². The summed E-state index contributed by atoms with van der Waals surface area (Å²) in [6, 6.07) is 14.2. The molecule has 2 amide bonds. The number of urea groups is 1. The molecule has 0 radical (unpaired) electrons. The van der Waals surface area contributed by atoms with Gasteiger partial charge in [-0.2, -0.15) is 0 Å². The van der Waals surface area contributed by atoms with Gasteiger partial charge in [-0.3, -0.25) is 4.90 Å². The molecule has 0 atom stereocenters. The third-order valence-corrected chi connectivity index (χ3v) is 8.57.